The van der Waals surface area contributed by atoms with E-state index in [4.69, 9.17) is 4.74 Å². The first-order valence-electron chi connectivity index (χ1n) is 12.7. The van der Waals surface area contributed by atoms with Crippen molar-refractivity contribution in [2.24, 2.45) is 5.92 Å². The summed E-state index contributed by atoms with van der Waals surface area (Å²) < 4.78 is 58.1. The number of benzene rings is 2. The molecule has 1 fully saturated rings. The van der Waals surface area contributed by atoms with Crippen LogP contribution in [0.4, 0.5) is 23.2 Å². The van der Waals surface area contributed by atoms with Crippen LogP contribution in [0.15, 0.2) is 66.7 Å². The van der Waals surface area contributed by atoms with E-state index >= 15 is 0 Å². The van der Waals surface area contributed by atoms with Gasteiger partial charge in [0.25, 0.3) is 0 Å². The Morgan fingerprint density at radius 3 is 2.37 bits per heavy atom. The number of rotatable bonds is 9. The summed E-state index contributed by atoms with van der Waals surface area (Å²) in [4.78, 5) is 19.5. The minimum atomic E-state index is -4.54. The molecule has 202 valence electrons. The number of amides is 1. The largest absolute Gasteiger partial charge is 0.493 e. The predicted octanol–water partition coefficient (Wildman–Crippen LogP) is 7.61. The van der Waals surface area contributed by atoms with Crippen molar-refractivity contribution in [3.05, 3.63) is 89.2 Å². The van der Waals surface area contributed by atoms with Crippen LogP contribution < -0.4 is 9.64 Å². The van der Waals surface area contributed by atoms with Gasteiger partial charge in [-0.2, -0.15) is 13.2 Å². The van der Waals surface area contributed by atoms with Gasteiger partial charge in [0.15, 0.2) is 0 Å². The maximum Gasteiger partial charge on any atom is 0.433 e. The quantitative estimate of drug-likeness (QED) is 0.212. The lowest BCUT2D eigenvalue weighted by molar-refractivity contribution is -0.141. The van der Waals surface area contributed by atoms with Crippen LogP contribution in [0, 0.1) is 12.8 Å². The highest BCUT2D eigenvalue weighted by molar-refractivity contribution is 5.98. The third-order valence-corrected chi connectivity index (χ3v) is 7.00. The fourth-order valence-corrected chi connectivity index (χ4v) is 5.04. The SMILES string of the molecule is Cc1ccc(N2C(=O)[C@H](CC(C)(C)c3cccc(C(F)(F)F)n3)C[C@@H]2c2cccc(OCCCF)c2)cc1. The Kier molecular flexibility index (Phi) is 8.09. The molecule has 3 aromatic rings. The number of pyridine rings is 1. The highest BCUT2D eigenvalue weighted by Gasteiger charge is 2.44. The third kappa shape index (κ3) is 6.17. The van der Waals surface area contributed by atoms with Crippen molar-refractivity contribution in [1.82, 2.24) is 4.98 Å². The van der Waals surface area contributed by atoms with E-state index in [-0.39, 0.29) is 18.6 Å². The van der Waals surface area contributed by atoms with Crippen molar-refractivity contribution >= 4 is 11.6 Å². The summed E-state index contributed by atoms with van der Waals surface area (Å²) in [6.07, 6.45) is -3.42. The molecular weight excluding hydrogens is 496 g/mol. The van der Waals surface area contributed by atoms with Crippen LogP contribution in [0.3, 0.4) is 0 Å². The summed E-state index contributed by atoms with van der Waals surface area (Å²) in [5, 5.41) is 0. The minimum Gasteiger partial charge on any atom is -0.493 e. The van der Waals surface area contributed by atoms with Crippen LogP contribution in [0.5, 0.6) is 5.75 Å². The van der Waals surface area contributed by atoms with E-state index in [9.17, 15) is 22.4 Å². The van der Waals surface area contributed by atoms with E-state index in [1.54, 1.807) is 17.0 Å². The first-order valence-corrected chi connectivity index (χ1v) is 12.7. The van der Waals surface area contributed by atoms with Gasteiger partial charge in [-0.3, -0.25) is 9.18 Å². The van der Waals surface area contributed by atoms with Gasteiger partial charge in [-0.15, -0.1) is 0 Å². The minimum absolute atomic E-state index is 0.0809. The Morgan fingerprint density at radius 1 is 1.00 bits per heavy atom. The lowest BCUT2D eigenvalue weighted by Gasteiger charge is -2.28. The Bertz CT molecular complexity index is 1260. The molecule has 0 unspecified atom stereocenters. The van der Waals surface area contributed by atoms with Crippen molar-refractivity contribution in [3.8, 4) is 5.75 Å². The number of aromatic nitrogens is 1. The smallest absolute Gasteiger partial charge is 0.433 e. The first-order chi connectivity index (χ1) is 18.0. The fraction of sp³-hybridized carbons (Fsp3) is 0.400. The molecule has 2 aromatic carbocycles. The van der Waals surface area contributed by atoms with Crippen molar-refractivity contribution in [1.29, 1.82) is 0 Å². The van der Waals surface area contributed by atoms with Crippen LogP contribution in [0.25, 0.3) is 0 Å². The van der Waals surface area contributed by atoms with E-state index in [0.29, 0.717) is 30.7 Å². The number of hydrogen-bond donors (Lipinski definition) is 0. The Hall–Kier alpha value is -3.42. The first kappa shape index (κ1) is 27.6. The lowest BCUT2D eigenvalue weighted by Crippen LogP contribution is -2.32. The number of alkyl halides is 4. The lowest BCUT2D eigenvalue weighted by atomic mass is 9.78. The molecule has 2 heterocycles. The zero-order valence-corrected chi connectivity index (χ0v) is 21.8. The van der Waals surface area contributed by atoms with E-state index in [1.165, 1.54) is 6.07 Å². The Labute approximate surface area is 220 Å². The number of nitrogens with zero attached hydrogens (tertiary/aromatic N) is 2. The van der Waals surface area contributed by atoms with Gasteiger partial charge in [0.1, 0.15) is 11.4 Å². The van der Waals surface area contributed by atoms with Crippen LogP contribution in [-0.2, 0) is 16.4 Å². The van der Waals surface area contributed by atoms with E-state index < -0.39 is 29.9 Å². The maximum atomic E-state index is 13.9. The number of aryl methyl sites for hydroxylation is 1. The number of ether oxygens (including phenoxy) is 1. The molecule has 38 heavy (non-hydrogen) atoms. The maximum absolute atomic E-state index is 13.9. The van der Waals surface area contributed by atoms with E-state index in [0.717, 1.165) is 22.9 Å². The molecule has 4 nitrogen and oxygen atoms in total. The van der Waals surface area contributed by atoms with Crippen LogP contribution in [-0.4, -0.2) is 24.2 Å². The number of carbonyl (C=O) groups excluding carboxylic acids is 1. The molecule has 1 saturated heterocycles. The zero-order valence-electron chi connectivity index (χ0n) is 21.8. The van der Waals surface area contributed by atoms with Gasteiger partial charge in [-0.1, -0.05) is 49.7 Å². The van der Waals surface area contributed by atoms with Gasteiger partial charge in [0, 0.05) is 29.1 Å². The second kappa shape index (κ2) is 11.1. The average molecular weight is 529 g/mol. The molecule has 4 rings (SSSR count). The monoisotopic (exact) mass is 528 g/mol. The van der Waals surface area contributed by atoms with Gasteiger partial charge in [-0.25, -0.2) is 4.98 Å². The van der Waals surface area contributed by atoms with Gasteiger partial charge >= 0.3 is 6.18 Å². The topological polar surface area (TPSA) is 42.4 Å². The number of halogens is 4. The second-order valence-electron chi connectivity index (χ2n) is 10.4. The van der Waals surface area contributed by atoms with Crippen LogP contribution in [0.2, 0.25) is 0 Å². The van der Waals surface area contributed by atoms with Crippen molar-refractivity contribution < 1.29 is 27.1 Å². The molecule has 1 aromatic heterocycles. The Balaban J connectivity index is 1.65. The molecule has 0 aliphatic carbocycles. The van der Waals surface area contributed by atoms with E-state index in [1.807, 2.05) is 63.2 Å². The molecule has 0 saturated carbocycles. The molecule has 2 atom stereocenters. The highest BCUT2D eigenvalue weighted by Crippen LogP contribution is 2.45. The molecular formula is C30H32F4N2O2. The third-order valence-electron chi connectivity index (χ3n) is 7.00. The van der Waals surface area contributed by atoms with Gasteiger partial charge in [0.05, 0.1) is 19.3 Å². The second-order valence-corrected chi connectivity index (χ2v) is 10.4. The number of carbonyl (C=O) groups is 1. The average Bonchev–Trinajstić information content (AvgIpc) is 3.19. The summed E-state index contributed by atoms with van der Waals surface area (Å²) in [5.41, 5.74) is 1.29. The summed E-state index contributed by atoms with van der Waals surface area (Å²) in [6, 6.07) is 18.8. The zero-order chi connectivity index (χ0) is 27.5. The standard InChI is InChI=1S/C30H32F4N2O2/c1-20-11-13-23(14-12-20)36-25(21-7-4-8-24(17-21)38-16-6-15-31)18-22(28(36)37)19-29(2,3)26-9-5-10-27(35-26)30(32,33)34/h4-5,7-14,17,22,25H,6,15-16,18-19H2,1-3H3/t22-,25+/m0/s1. The fourth-order valence-electron chi connectivity index (χ4n) is 5.04. The normalized spacial score (nSPS) is 18.2. The van der Waals surface area contributed by atoms with Gasteiger partial charge in [0.2, 0.25) is 5.91 Å². The molecule has 1 amide bonds. The van der Waals surface area contributed by atoms with Crippen molar-refractivity contribution in [2.75, 3.05) is 18.2 Å². The summed E-state index contributed by atoms with van der Waals surface area (Å²) in [5.74, 6) is 0.0932. The van der Waals surface area contributed by atoms with Crippen LogP contribution in [0.1, 0.15) is 61.7 Å². The molecule has 8 heteroatoms. The summed E-state index contributed by atoms with van der Waals surface area (Å²) in [7, 11) is 0. The molecule has 0 spiro atoms. The van der Waals surface area contributed by atoms with Gasteiger partial charge < -0.3 is 9.64 Å². The molecule has 0 radical (unpaired) electrons. The number of anilines is 1. The van der Waals surface area contributed by atoms with Crippen LogP contribution >= 0.6 is 0 Å². The molecule has 1 aliphatic heterocycles. The van der Waals surface area contributed by atoms with Gasteiger partial charge in [-0.05, 0) is 61.7 Å². The highest BCUT2D eigenvalue weighted by atomic mass is 19.4. The molecule has 0 bridgehead atoms. The predicted molar refractivity (Wildman–Crippen MR) is 139 cm³/mol. The molecule has 0 N–H and O–H groups in total. The van der Waals surface area contributed by atoms with Crippen molar-refractivity contribution in [3.63, 3.8) is 0 Å². The number of hydrogen-bond acceptors (Lipinski definition) is 3. The Morgan fingerprint density at radius 2 is 1.68 bits per heavy atom. The summed E-state index contributed by atoms with van der Waals surface area (Å²) in [6.45, 7) is 5.41. The van der Waals surface area contributed by atoms with E-state index in [2.05, 4.69) is 4.98 Å². The van der Waals surface area contributed by atoms with Crippen molar-refractivity contribution in [2.45, 2.75) is 57.7 Å². The molecule has 1 aliphatic rings. The summed E-state index contributed by atoms with van der Waals surface area (Å²) >= 11 is 0.